The molecule has 0 atom stereocenters. The summed E-state index contributed by atoms with van der Waals surface area (Å²) in [6, 6.07) is 9.85. The zero-order valence-corrected chi connectivity index (χ0v) is 21.7. The Labute approximate surface area is 219 Å². The van der Waals surface area contributed by atoms with Crippen LogP contribution in [0, 0.1) is 0 Å². The fourth-order valence-electron chi connectivity index (χ4n) is 4.70. The Hall–Kier alpha value is -4.28. The largest absolute Gasteiger partial charge is 0.497 e. The summed E-state index contributed by atoms with van der Waals surface area (Å²) in [7, 11) is 4.42. The number of aromatic nitrogens is 2. The maximum absolute atomic E-state index is 13.5. The van der Waals surface area contributed by atoms with E-state index < -0.39 is 17.2 Å². The second-order valence-corrected chi connectivity index (χ2v) is 9.13. The summed E-state index contributed by atoms with van der Waals surface area (Å²) in [5, 5.41) is 5.88. The summed E-state index contributed by atoms with van der Waals surface area (Å²) in [4.78, 5) is 52.3. The lowest BCUT2D eigenvalue weighted by molar-refractivity contribution is -0.122. The molecule has 1 heterocycles. The van der Waals surface area contributed by atoms with Crippen molar-refractivity contribution in [2.75, 3.05) is 26.6 Å². The second kappa shape index (κ2) is 11.8. The van der Waals surface area contributed by atoms with Gasteiger partial charge < -0.3 is 24.8 Å². The van der Waals surface area contributed by atoms with Crippen LogP contribution in [0.1, 0.15) is 32.1 Å². The lowest BCUT2D eigenvalue weighted by Crippen LogP contribution is -2.43. The average Bonchev–Trinajstić information content (AvgIpc) is 3.43. The summed E-state index contributed by atoms with van der Waals surface area (Å²) in [5.74, 6) is 0.541. The van der Waals surface area contributed by atoms with E-state index in [0.29, 0.717) is 22.9 Å². The Morgan fingerprint density at radius 2 is 1.55 bits per heavy atom. The van der Waals surface area contributed by atoms with Gasteiger partial charge in [-0.2, -0.15) is 0 Å². The van der Waals surface area contributed by atoms with E-state index in [9.17, 15) is 19.2 Å². The van der Waals surface area contributed by atoms with E-state index in [1.807, 2.05) is 0 Å². The van der Waals surface area contributed by atoms with Crippen LogP contribution in [0.2, 0.25) is 0 Å². The standard InChI is InChI=1S/C27H32N4O7/c1-36-19-10-8-18(9-11-19)29-25(33)16-31-21-15-23(38-3)22(37-2)14-20(21)26(34)30(27(31)35)13-12-24(32)28-17-6-4-5-7-17/h8-11,14-15,17H,4-7,12-13,16H2,1-3H3,(H,28,32)(H,29,33). The molecule has 3 aromatic rings. The van der Waals surface area contributed by atoms with Crippen LogP contribution < -0.4 is 36.1 Å². The number of methoxy groups -OCH3 is 3. The average molecular weight is 525 g/mol. The third-order valence-electron chi connectivity index (χ3n) is 6.69. The Kier molecular flexibility index (Phi) is 8.35. The van der Waals surface area contributed by atoms with E-state index in [-0.39, 0.29) is 42.4 Å². The molecule has 38 heavy (non-hydrogen) atoms. The minimum absolute atomic E-state index is 0.0392. The van der Waals surface area contributed by atoms with Gasteiger partial charge in [-0.1, -0.05) is 12.8 Å². The number of nitrogens with one attached hydrogen (secondary N) is 2. The first-order valence-corrected chi connectivity index (χ1v) is 12.5. The molecule has 0 unspecified atom stereocenters. The second-order valence-electron chi connectivity index (χ2n) is 9.13. The SMILES string of the molecule is COc1ccc(NC(=O)Cn2c(=O)n(CCC(=O)NC3CCCC3)c(=O)c3cc(OC)c(OC)cc32)cc1. The highest BCUT2D eigenvalue weighted by molar-refractivity contribution is 5.92. The number of carbonyl (C=O) groups is 2. The van der Waals surface area contributed by atoms with Crippen LogP contribution in [0.25, 0.3) is 10.9 Å². The summed E-state index contributed by atoms with van der Waals surface area (Å²) in [6.45, 7) is -0.494. The molecule has 2 aromatic carbocycles. The van der Waals surface area contributed by atoms with Crippen LogP contribution in [0.5, 0.6) is 17.2 Å². The molecule has 4 rings (SSSR count). The molecule has 1 aliphatic rings. The van der Waals surface area contributed by atoms with Crippen LogP contribution in [0.3, 0.4) is 0 Å². The molecule has 1 aromatic heterocycles. The number of amides is 2. The first-order valence-electron chi connectivity index (χ1n) is 12.5. The van der Waals surface area contributed by atoms with E-state index in [4.69, 9.17) is 14.2 Å². The van der Waals surface area contributed by atoms with Gasteiger partial charge in [-0.25, -0.2) is 4.79 Å². The summed E-state index contributed by atoms with van der Waals surface area (Å²) >= 11 is 0. The van der Waals surface area contributed by atoms with Gasteiger partial charge in [0.1, 0.15) is 12.3 Å². The van der Waals surface area contributed by atoms with E-state index in [1.165, 1.54) is 30.9 Å². The third kappa shape index (κ3) is 5.82. The van der Waals surface area contributed by atoms with Crippen LogP contribution in [-0.4, -0.2) is 48.3 Å². The molecule has 2 N–H and O–H groups in total. The number of anilines is 1. The number of carbonyl (C=O) groups excluding carboxylic acids is 2. The molecule has 0 radical (unpaired) electrons. The van der Waals surface area contributed by atoms with Gasteiger partial charge in [-0.05, 0) is 43.2 Å². The highest BCUT2D eigenvalue weighted by Gasteiger charge is 2.21. The Morgan fingerprint density at radius 1 is 0.895 bits per heavy atom. The topological polar surface area (TPSA) is 130 Å². The Bertz CT molecular complexity index is 1440. The van der Waals surface area contributed by atoms with Gasteiger partial charge in [0.15, 0.2) is 11.5 Å². The molecule has 0 bridgehead atoms. The van der Waals surface area contributed by atoms with Crippen molar-refractivity contribution in [2.24, 2.45) is 0 Å². The molecule has 1 aliphatic carbocycles. The quantitative estimate of drug-likeness (QED) is 0.416. The highest BCUT2D eigenvalue weighted by atomic mass is 16.5. The lowest BCUT2D eigenvalue weighted by atomic mass is 10.2. The molecule has 0 saturated heterocycles. The van der Waals surface area contributed by atoms with E-state index in [2.05, 4.69) is 10.6 Å². The predicted molar refractivity (Wildman–Crippen MR) is 142 cm³/mol. The molecule has 0 spiro atoms. The molecular weight excluding hydrogens is 492 g/mol. The molecule has 202 valence electrons. The maximum atomic E-state index is 13.5. The Balaban J connectivity index is 1.68. The minimum Gasteiger partial charge on any atom is -0.497 e. The van der Waals surface area contributed by atoms with Crippen molar-refractivity contribution >= 4 is 28.4 Å². The first kappa shape index (κ1) is 26.8. The van der Waals surface area contributed by atoms with Crippen molar-refractivity contribution in [3.05, 3.63) is 57.2 Å². The van der Waals surface area contributed by atoms with Gasteiger partial charge in [-0.3, -0.25) is 23.5 Å². The Morgan fingerprint density at radius 3 is 2.18 bits per heavy atom. The van der Waals surface area contributed by atoms with Crippen molar-refractivity contribution in [3.8, 4) is 17.2 Å². The number of hydrogen-bond donors (Lipinski definition) is 2. The molecular formula is C27H32N4O7. The van der Waals surface area contributed by atoms with Gasteiger partial charge in [-0.15, -0.1) is 0 Å². The molecule has 2 amide bonds. The van der Waals surface area contributed by atoms with E-state index >= 15 is 0 Å². The number of rotatable bonds is 10. The van der Waals surface area contributed by atoms with Crippen molar-refractivity contribution in [1.82, 2.24) is 14.5 Å². The van der Waals surface area contributed by atoms with Crippen molar-refractivity contribution in [3.63, 3.8) is 0 Å². The van der Waals surface area contributed by atoms with Crippen LogP contribution in [-0.2, 0) is 22.7 Å². The number of benzene rings is 2. The van der Waals surface area contributed by atoms with Crippen molar-refractivity contribution < 1.29 is 23.8 Å². The summed E-state index contributed by atoms with van der Waals surface area (Å²) in [5.41, 5.74) is -0.543. The zero-order valence-electron chi connectivity index (χ0n) is 21.7. The minimum atomic E-state index is -0.701. The number of ether oxygens (including phenoxy) is 3. The molecule has 11 nitrogen and oxygen atoms in total. The van der Waals surface area contributed by atoms with E-state index in [1.54, 1.807) is 31.4 Å². The monoisotopic (exact) mass is 524 g/mol. The van der Waals surface area contributed by atoms with Gasteiger partial charge in [0, 0.05) is 30.8 Å². The van der Waals surface area contributed by atoms with Gasteiger partial charge in [0.2, 0.25) is 11.8 Å². The first-order chi connectivity index (χ1) is 18.3. The highest BCUT2D eigenvalue weighted by Crippen LogP contribution is 2.30. The van der Waals surface area contributed by atoms with Crippen LogP contribution >= 0.6 is 0 Å². The molecule has 1 fully saturated rings. The van der Waals surface area contributed by atoms with Gasteiger partial charge >= 0.3 is 5.69 Å². The number of fused-ring (bicyclic) bond motifs is 1. The fourth-order valence-corrected chi connectivity index (χ4v) is 4.70. The third-order valence-corrected chi connectivity index (χ3v) is 6.69. The van der Waals surface area contributed by atoms with E-state index in [0.717, 1.165) is 30.3 Å². The fraction of sp³-hybridized carbons (Fsp3) is 0.407. The smallest absolute Gasteiger partial charge is 0.331 e. The zero-order chi connectivity index (χ0) is 27.2. The molecule has 1 saturated carbocycles. The molecule has 11 heteroatoms. The van der Waals surface area contributed by atoms with Crippen molar-refractivity contribution in [2.45, 2.75) is 51.2 Å². The van der Waals surface area contributed by atoms with Crippen molar-refractivity contribution in [1.29, 1.82) is 0 Å². The summed E-state index contributed by atoms with van der Waals surface area (Å²) in [6.07, 6.45) is 3.97. The predicted octanol–water partition coefficient (Wildman–Crippen LogP) is 2.28. The van der Waals surface area contributed by atoms with Crippen LogP contribution in [0.15, 0.2) is 46.0 Å². The maximum Gasteiger partial charge on any atom is 0.331 e. The number of hydrogen-bond acceptors (Lipinski definition) is 7. The molecule has 0 aliphatic heterocycles. The number of nitrogens with zero attached hydrogens (tertiary/aromatic N) is 2. The summed E-state index contributed by atoms with van der Waals surface area (Å²) < 4.78 is 18.0. The van der Waals surface area contributed by atoms with Gasteiger partial charge in [0.05, 0.1) is 32.2 Å². The normalized spacial score (nSPS) is 13.3. The lowest BCUT2D eigenvalue weighted by Gasteiger charge is -2.17. The van der Waals surface area contributed by atoms with Gasteiger partial charge in [0.25, 0.3) is 5.56 Å². The van der Waals surface area contributed by atoms with Crippen LogP contribution in [0.4, 0.5) is 5.69 Å².